The van der Waals surface area contributed by atoms with Gasteiger partial charge in [0.2, 0.25) is 0 Å². The molecule has 2 rings (SSSR count). The maximum Gasteiger partial charge on any atom is 0.250 e. The molecule has 1 amide bonds. The van der Waals surface area contributed by atoms with E-state index in [1.807, 2.05) is 0 Å². The van der Waals surface area contributed by atoms with E-state index in [4.69, 9.17) is 46.3 Å². The zero-order valence-corrected chi connectivity index (χ0v) is 12.4. The lowest BCUT2D eigenvalue weighted by molar-refractivity contribution is 0.100. The number of primary amides is 1. The van der Waals surface area contributed by atoms with Crippen LogP contribution in [0.2, 0.25) is 15.1 Å². The molecule has 2 aromatic carbocycles. The van der Waals surface area contributed by atoms with E-state index < -0.39 is 5.91 Å². The fraction of sp³-hybridized carbons (Fsp3) is 0. The Morgan fingerprint density at radius 3 is 2.45 bits per heavy atom. The Morgan fingerprint density at radius 1 is 1.10 bits per heavy atom. The number of benzene rings is 2. The molecule has 0 aliphatic carbocycles. The molecule has 0 bridgehead atoms. The van der Waals surface area contributed by atoms with Gasteiger partial charge in [-0.25, -0.2) is 0 Å². The minimum atomic E-state index is -0.653. The van der Waals surface area contributed by atoms with Gasteiger partial charge in [-0.15, -0.1) is 0 Å². The Hall–Kier alpha value is -1.62. The molecule has 7 heteroatoms. The van der Waals surface area contributed by atoms with Gasteiger partial charge < -0.3 is 16.8 Å². The van der Waals surface area contributed by atoms with Gasteiger partial charge >= 0.3 is 0 Å². The fourth-order valence-corrected chi connectivity index (χ4v) is 2.31. The summed E-state index contributed by atoms with van der Waals surface area (Å²) in [5, 5.41) is 3.91. The zero-order valence-electron chi connectivity index (χ0n) is 10.1. The minimum Gasteiger partial charge on any atom is -0.399 e. The Kier molecular flexibility index (Phi) is 4.28. The number of carbonyl (C=O) groups excluding carboxylic acids is 1. The largest absolute Gasteiger partial charge is 0.399 e. The van der Waals surface area contributed by atoms with Crippen LogP contribution in [0, 0.1) is 0 Å². The highest BCUT2D eigenvalue weighted by Crippen LogP contribution is 2.36. The number of nitrogen functional groups attached to an aromatic ring is 1. The Labute approximate surface area is 130 Å². The van der Waals surface area contributed by atoms with Crippen molar-refractivity contribution in [3.05, 3.63) is 51.0 Å². The number of carbonyl (C=O) groups is 1. The number of halogens is 3. The van der Waals surface area contributed by atoms with E-state index in [0.717, 1.165) is 0 Å². The minimum absolute atomic E-state index is 0.172. The number of nitrogens with one attached hydrogen (secondary N) is 1. The molecular formula is C13H10Cl3N3O. The van der Waals surface area contributed by atoms with Gasteiger partial charge in [0, 0.05) is 5.69 Å². The van der Waals surface area contributed by atoms with Crippen molar-refractivity contribution in [2.45, 2.75) is 0 Å². The Morgan fingerprint density at radius 2 is 1.80 bits per heavy atom. The average molecular weight is 331 g/mol. The number of rotatable bonds is 3. The predicted molar refractivity (Wildman–Crippen MR) is 84.1 cm³/mol. The van der Waals surface area contributed by atoms with E-state index in [0.29, 0.717) is 27.1 Å². The monoisotopic (exact) mass is 329 g/mol. The van der Waals surface area contributed by atoms with Crippen molar-refractivity contribution in [3.63, 3.8) is 0 Å². The van der Waals surface area contributed by atoms with Crippen LogP contribution in [0.3, 0.4) is 0 Å². The summed E-state index contributed by atoms with van der Waals surface area (Å²) in [4.78, 5) is 11.5. The Balaban J connectivity index is 2.53. The van der Waals surface area contributed by atoms with Crippen molar-refractivity contribution in [2.75, 3.05) is 11.1 Å². The predicted octanol–water partition coefficient (Wildman–Crippen LogP) is 4.07. The molecular weight excluding hydrogens is 321 g/mol. The van der Waals surface area contributed by atoms with Gasteiger partial charge in [0.05, 0.1) is 32.0 Å². The standard InChI is InChI=1S/C13H10Cl3N3O/c14-8-2-1-3-10(11(8)16)19-12-7(13(18)20)4-6(17)5-9(12)15/h1-5,19H,17H2,(H2,18,20). The van der Waals surface area contributed by atoms with Gasteiger partial charge in [-0.1, -0.05) is 40.9 Å². The van der Waals surface area contributed by atoms with Crippen molar-refractivity contribution in [1.82, 2.24) is 0 Å². The quantitative estimate of drug-likeness (QED) is 0.742. The molecule has 0 spiro atoms. The molecule has 4 nitrogen and oxygen atoms in total. The maximum absolute atomic E-state index is 11.5. The molecule has 0 atom stereocenters. The highest BCUT2D eigenvalue weighted by molar-refractivity contribution is 6.44. The second-order valence-electron chi connectivity index (χ2n) is 4.02. The first-order valence-corrected chi connectivity index (χ1v) is 6.63. The van der Waals surface area contributed by atoms with Gasteiger partial charge in [0.1, 0.15) is 0 Å². The molecule has 20 heavy (non-hydrogen) atoms. The number of hydrogen-bond acceptors (Lipinski definition) is 3. The van der Waals surface area contributed by atoms with Crippen LogP contribution in [0.1, 0.15) is 10.4 Å². The molecule has 0 unspecified atom stereocenters. The maximum atomic E-state index is 11.5. The average Bonchev–Trinajstić information content (AvgIpc) is 2.37. The molecule has 0 aliphatic rings. The first-order valence-electron chi connectivity index (χ1n) is 5.50. The van der Waals surface area contributed by atoms with Gasteiger partial charge in [-0.05, 0) is 24.3 Å². The molecule has 0 heterocycles. The van der Waals surface area contributed by atoms with Crippen LogP contribution < -0.4 is 16.8 Å². The van der Waals surface area contributed by atoms with Crippen LogP contribution in [0.4, 0.5) is 17.1 Å². The van der Waals surface area contributed by atoms with Crippen LogP contribution >= 0.6 is 34.8 Å². The van der Waals surface area contributed by atoms with Gasteiger partial charge in [0.15, 0.2) is 0 Å². The van der Waals surface area contributed by atoms with Crippen molar-refractivity contribution in [2.24, 2.45) is 5.73 Å². The van der Waals surface area contributed by atoms with E-state index in [9.17, 15) is 4.79 Å². The van der Waals surface area contributed by atoms with Crippen LogP contribution in [-0.2, 0) is 0 Å². The van der Waals surface area contributed by atoms with Crippen molar-refractivity contribution in [1.29, 1.82) is 0 Å². The van der Waals surface area contributed by atoms with Crippen LogP contribution in [0.15, 0.2) is 30.3 Å². The van der Waals surface area contributed by atoms with Crippen molar-refractivity contribution < 1.29 is 4.79 Å². The second-order valence-corrected chi connectivity index (χ2v) is 5.21. The lowest BCUT2D eigenvalue weighted by atomic mass is 10.1. The summed E-state index contributed by atoms with van der Waals surface area (Å²) >= 11 is 18.1. The Bertz CT molecular complexity index is 689. The summed E-state index contributed by atoms with van der Waals surface area (Å²) in [6.07, 6.45) is 0. The van der Waals surface area contributed by atoms with Gasteiger partial charge in [0.25, 0.3) is 5.91 Å². The molecule has 0 saturated carbocycles. The number of anilines is 3. The van der Waals surface area contributed by atoms with Gasteiger partial charge in [-0.2, -0.15) is 0 Å². The smallest absolute Gasteiger partial charge is 0.250 e. The SMILES string of the molecule is NC(=O)c1cc(N)cc(Cl)c1Nc1cccc(Cl)c1Cl. The zero-order chi connectivity index (χ0) is 14.9. The van der Waals surface area contributed by atoms with Crippen molar-refractivity contribution >= 4 is 57.8 Å². The lowest BCUT2D eigenvalue weighted by Gasteiger charge is -2.14. The molecule has 0 aromatic heterocycles. The number of nitrogens with two attached hydrogens (primary N) is 2. The summed E-state index contributed by atoms with van der Waals surface area (Å²) in [7, 11) is 0. The van der Waals surface area contributed by atoms with Crippen molar-refractivity contribution in [3.8, 4) is 0 Å². The molecule has 0 saturated heterocycles. The summed E-state index contributed by atoms with van der Waals surface area (Å²) < 4.78 is 0. The first kappa shape index (κ1) is 14.8. The van der Waals surface area contributed by atoms with E-state index in [2.05, 4.69) is 5.32 Å². The molecule has 0 fully saturated rings. The molecule has 104 valence electrons. The number of hydrogen-bond donors (Lipinski definition) is 3. The normalized spacial score (nSPS) is 10.3. The third kappa shape index (κ3) is 2.93. The van der Waals surface area contributed by atoms with E-state index in [1.165, 1.54) is 12.1 Å². The summed E-state index contributed by atoms with van der Waals surface area (Å²) in [5.41, 5.74) is 12.3. The molecule has 0 aliphatic heterocycles. The third-order valence-electron chi connectivity index (χ3n) is 2.59. The first-order chi connectivity index (χ1) is 9.40. The molecule has 5 N–H and O–H groups in total. The molecule has 0 radical (unpaired) electrons. The second kappa shape index (κ2) is 5.79. The molecule has 2 aromatic rings. The van der Waals surface area contributed by atoms with E-state index in [-0.39, 0.29) is 10.6 Å². The topological polar surface area (TPSA) is 81.1 Å². The highest BCUT2D eigenvalue weighted by Gasteiger charge is 2.15. The van der Waals surface area contributed by atoms with Crippen LogP contribution in [0.25, 0.3) is 0 Å². The van der Waals surface area contributed by atoms with E-state index >= 15 is 0 Å². The van der Waals surface area contributed by atoms with Crippen LogP contribution in [0.5, 0.6) is 0 Å². The summed E-state index contributed by atoms with van der Waals surface area (Å²) in [6.45, 7) is 0. The number of amides is 1. The van der Waals surface area contributed by atoms with E-state index in [1.54, 1.807) is 18.2 Å². The third-order valence-corrected chi connectivity index (χ3v) is 3.71. The lowest BCUT2D eigenvalue weighted by Crippen LogP contribution is -2.14. The fourth-order valence-electron chi connectivity index (χ4n) is 1.68. The van der Waals surface area contributed by atoms with Gasteiger partial charge in [-0.3, -0.25) is 4.79 Å². The van der Waals surface area contributed by atoms with Crippen LogP contribution in [-0.4, -0.2) is 5.91 Å². The summed E-state index contributed by atoms with van der Waals surface area (Å²) in [6, 6.07) is 8.01. The summed E-state index contributed by atoms with van der Waals surface area (Å²) in [5.74, 6) is -0.653. The highest BCUT2D eigenvalue weighted by atomic mass is 35.5.